The molecule has 0 atom stereocenters. The average molecular weight is 1370 g/mol. The Kier molecular flexibility index (Phi) is 56.4. The van der Waals surface area contributed by atoms with Gasteiger partial charge in [0.05, 0.1) is 124 Å². The molecule has 0 aliphatic carbocycles. The molecule has 0 unspecified atom stereocenters. The number of unbranched alkanes of at least 4 members (excludes halogenated alkanes) is 27. The van der Waals surface area contributed by atoms with E-state index in [0.29, 0.717) is 145 Å². The Hall–Kier alpha value is -4.83. The Morgan fingerprint density at radius 1 is 0.268 bits per heavy atom. The van der Waals surface area contributed by atoms with Crippen molar-refractivity contribution in [2.24, 2.45) is 0 Å². The smallest absolute Gasteiger partial charge is 0.335 e. The molecular weight excluding hydrogens is 1240 g/mol. The van der Waals surface area contributed by atoms with Crippen molar-refractivity contribution in [3.63, 3.8) is 0 Å². The van der Waals surface area contributed by atoms with Gasteiger partial charge in [0.1, 0.15) is 44.5 Å². The Balaban J connectivity index is 1.93. The van der Waals surface area contributed by atoms with Crippen molar-refractivity contribution in [2.45, 2.75) is 227 Å². The highest BCUT2D eigenvalue weighted by atomic mass is 16.6. The van der Waals surface area contributed by atoms with Crippen molar-refractivity contribution in [3.05, 3.63) is 59.2 Å². The standard InChI is InChI=1S/C78H132O19/c1-7-10-13-16-19-22-25-28-31-34-37-90-72-58-67(59-73(91-38-35-32-29-26-23-20-17-14-11-8-2)76(72)94-39-36-33-30-27-24-21-18-15-12-9-3)65-96-70-62-69(78(79)80)63-71(64-70)97-66-68-60-74(92-55-52-87-49-46-84-43-40-81-4)77(95-57-54-89-51-48-86-45-42-83-6)75(61-68)93-56-53-88-50-47-85-44-41-82-5/h58-64H,7-57,65-66H2,1-6H3,(H,79,80). The zero-order valence-electron chi connectivity index (χ0n) is 61.3. The molecule has 19 heteroatoms. The molecule has 1 N–H and O–H groups in total. The maximum atomic E-state index is 12.8. The summed E-state index contributed by atoms with van der Waals surface area (Å²) in [6.07, 6.45) is 37.0. The molecule has 0 amide bonds. The summed E-state index contributed by atoms with van der Waals surface area (Å²) < 4.78 is 102. The summed E-state index contributed by atoms with van der Waals surface area (Å²) in [6.45, 7) is 15.1. The fourth-order valence-corrected chi connectivity index (χ4v) is 10.7. The fraction of sp³-hybridized carbons (Fsp3) is 0.756. The Morgan fingerprint density at radius 3 is 0.794 bits per heavy atom. The highest BCUT2D eigenvalue weighted by Gasteiger charge is 2.20. The first kappa shape index (κ1) is 86.4. The van der Waals surface area contributed by atoms with E-state index in [9.17, 15) is 9.90 Å². The molecule has 0 radical (unpaired) electrons. The number of hydrogen-bond donors (Lipinski definition) is 1. The summed E-state index contributed by atoms with van der Waals surface area (Å²) in [4.78, 5) is 12.8. The molecule has 0 heterocycles. The summed E-state index contributed by atoms with van der Waals surface area (Å²) in [6, 6.07) is 12.3. The van der Waals surface area contributed by atoms with Crippen molar-refractivity contribution in [2.75, 3.05) is 160 Å². The first-order valence-electron chi connectivity index (χ1n) is 37.5. The van der Waals surface area contributed by atoms with E-state index < -0.39 is 5.97 Å². The van der Waals surface area contributed by atoms with Gasteiger partial charge in [0.25, 0.3) is 0 Å². The molecule has 0 spiro atoms. The Morgan fingerprint density at radius 2 is 0.505 bits per heavy atom. The Bertz CT molecular complexity index is 2190. The average Bonchev–Trinajstić information content (AvgIpc) is 0.853. The minimum atomic E-state index is -1.13. The quantitative estimate of drug-likeness (QED) is 0.0524. The third kappa shape index (κ3) is 46.3. The molecule has 0 aromatic heterocycles. The van der Waals surface area contributed by atoms with Gasteiger partial charge in [0, 0.05) is 27.4 Å². The summed E-state index contributed by atoms with van der Waals surface area (Å²) in [5.74, 6) is 2.47. The summed E-state index contributed by atoms with van der Waals surface area (Å²) in [5.41, 5.74) is 1.45. The van der Waals surface area contributed by atoms with Gasteiger partial charge in [-0.05, 0) is 66.8 Å². The van der Waals surface area contributed by atoms with Crippen LogP contribution in [0.4, 0.5) is 0 Å². The number of hydrogen-bond acceptors (Lipinski definition) is 18. The molecular formula is C78H132O19. The lowest BCUT2D eigenvalue weighted by atomic mass is 10.1. The van der Waals surface area contributed by atoms with Crippen LogP contribution in [0.5, 0.6) is 46.0 Å². The van der Waals surface area contributed by atoms with Gasteiger partial charge in [-0.3, -0.25) is 0 Å². The molecule has 3 rings (SSSR count). The van der Waals surface area contributed by atoms with Gasteiger partial charge >= 0.3 is 5.97 Å². The van der Waals surface area contributed by atoms with Crippen molar-refractivity contribution < 1.29 is 90.4 Å². The molecule has 558 valence electrons. The van der Waals surface area contributed by atoms with Crippen LogP contribution in [0.2, 0.25) is 0 Å². The monoisotopic (exact) mass is 1370 g/mol. The SMILES string of the molecule is CCCCCCCCCCCCOc1cc(COc2cc(OCc3cc(OCCOCCOCCOC)c(OCCOCCOCCOC)c(OCCOCCOCCOC)c3)cc(C(=O)O)c2)cc(OCCCCCCCCCCCC)c1OCCCCCCCCCCCC. The second-order valence-corrected chi connectivity index (χ2v) is 24.7. The van der Waals surface area contributed by atoms with Crippen molar-refractivity contribution in [1.82, 2.24) is 0 Å². The van der Waals surface area contributed by atoms with Crippen LogP contribution in [0, 0.1) is 0 Å². The lowest BCUT2D eigenvalue weighted by molar-refractivity contribution is 0.0146. The molecule has 0 fully saturated rings. The number of benzene rings is 3. The predicted molar refractivity (Wildman–Crippen MR) is 384 cm³/mol. The minimum Gasteiger partial charge on any atom is -0.490 e. The van der Waals surface area contributed by atoms with Gasteiger partial charge in [-0.15, -0.1) is 0 Å². The topological polar surface area (TPSA) is 194 Å². The van der Waals surface area contributed by atoms with E-state index in [1.54, 1.807) is 27.4 Å². The minimum absolute atomic E-state index is 0.00186. The normalized spacial score (nSPS) is 11.4. The number of carboxylic acids is 1. The number of ether oxygens (including phenoxy) is 17. The maximum Gasteiger partial charge on any atom is 0.335 e. The van der Waals surface area contributed by atoms with Gasteiger partial charge < -0.3 is 85.6 Å². The van der Waals surface area contributed by atoms with Gasteiger partial charge in [-0.1, -0.05) is 194 Å². The highest BCUT2D eigenvalue weighted by molar-refractivity contribution is 5.88. The number of aromatic carboxylic acids is 1. The zero-order valence-corrected chi connectivity index (χ0v) is 61.3. The van der Waals surface area contributed by atoms with E-state index in [0.717, 1.165) is 44.1 Å². The molecule has 97 heavy (non-hydrogen) atoms. The fourth-order valence-electron chi connectivity index (χ4n) is 10.7. The summed E-state index contributed by atoms with van der Waals surface area (Å²) >= 11 is 0. The van der Waals surface area contributed by atoms with E-state index in [1.807, 2.05) is 24.3 Å². The van der Waals surface area contributed by atoms with Crippen LogP contribution in [0.3, 0.4) is 0 Å². The van der Waals surface area contributed by atoms with Gasteiger partial charge in [-0.2, -0.15) is 0 Å². The van der Waals surface area contributed by atoms with Gasteiger partial charge in [0.2, 0.25) is 11.5 Å². The number of methoxy groups -OCH3 is 3. The van der Waals surface area contributed by atoms with Crippen molar-refractivity contribution in [1.29, 1.82) is 0 Å². The third-order valence-electron chi connectivity index (χ3n) is 16.2. The lowest BCUT2D eigenvalue weighted by Gasteiger charge is -2.20. The molecule has 0 saturated carbocycles. The number of carboxylic acid groups (broad SMARTS) is 1. The van der Waals surface area contributed by atoms with Crippen molar-refractivity contribution in [3.8, 4) is 46.0 Å². The van der Waals surface area contributed by atoms with Crippen molar-refractivity contribution >= 4 is 5.97 Å². The predicted octanol–water partition coefficient (Wildman–Crippen LogP) is 17.6. The second kappa shape index (κ2) is 63.4. The van der Waals surface area contributed by atoms with Crippen LogP contribution in [0.1, 0.15) is 235 Å². The number of carbonyl (C=O) groups is 1. The zero-order chi connectivity index (χ0) is 69.4. The maximum absolute atomic E-state index is 12.8. The molecule has 0 bridgehead atoms. The van der Waals surface area contributed by atoms with Gasteiger partial charge in [0.15, 0.2) is 23.0 Å². The number of rotatable bonds is 73. The Labute approximate surface area is 585 Å². The van der Waals surface area contributed by atoms with Crippen LogP contribution >= 0.6 is 0 Å². The van der Waals surface area contributed by atoms with Crippen LogP contribution in [0.25, 0.3) is 0 Å². The first-order valence-corrected chi connectivity index (χ1v) is 37.5. The molecule has 0 saturated heterocycles. The third-order valence-corrected chi connectivity index (χ3v) is 16.2. The molecule has 3 aromatic rings. The second-order valence-electron chi connectivity index (χ2n) is 24.7. The van der Waals surface area contributed by atoms with Crippen LogP contribution < -0.4 is 37.9 Å². The van der Waals surface area contributed by atoms with Crippen LogP contribution in [-0.2, 0) is 55.8 Å². The lowest BCUT2D eigenvalue weighted by Crippen LogP contribution is -2.16. The highest BCUT2D eigenvalue weighted by Crippen LogP contribution is 2.42. The largest absolute Gasteiger partial charge is 0.490 e. The van der Waals surface area contributed by atoms with Crippen LogP contribution in [0.15, 0.2) is 42.5 Å². The summed E-state index contributed by atoms with van der Waals surface area (Å²) in [7, 11) is 4.89. The van der Waals surface area contributed by atoms with E-state index in [4.69, 9.17) is 80.5 Å². The van der Waals surface area contributed by atoms with E-state index in [1.165, 1.54) is 166 Å². The molecule has 0 aliphatic rings. The van der Waals surface area contributed by atoms with E-state index in [-0.39, 0.29) is 64.2 Å². The molecule has 19 nitrogen and oxygen atoms in total. The van der Waals surface area contributed by atoms with Gasteiger partial charge in [-0.25, -0.2) is 4.79 Å². The van der Waals surface area contributed by atoms with Crippen LogP contribution in [-0.4, -0.2) is 171 Å². The van der Waals surface area contributed by atoms with E-state index in [2.05, 4.69) is 20.8 Å². The molecule has 3 aromatic carbocycles. The summed E-state index contributed by atoms with van der Waals surface area (Å²) in [5, 5.41) is 10.5. The van der Waals surface area contributed by atoms with E-state index >= 15 is 0 Å². The first-order chi connectivity index (χ1) is 47.9. The molecule has 0 aliphatic heterocycles.